The van der Waals surface area contributed by atoms with Crippen molar-refractivity contribution < 1.29 is 18.3 Å². The summed E-state index contributed by atoms with van der Waals surface area (Å²) >= 11 is 0. The highest BCUT2D eigenvalue weighted by molar-refractivity contribution is 7.89. The molecule has 0 amide bonds. The number of nitrogens with one attached hydrogen (secondary N) is 1. The first-order chi connectivity index (χ1) is 8.41. The second-order valence-electron chi connectivity index (χ2n) is 5.32. The number of likely N-dealkylation sites (N-methyl/N-ethyl adjacent to an activating group) is 1. The van der Waals surface area contributed by atoms with Crippen molar-refractivity contribution in [2.75, 3.05) is 39.0 Å². The zero-order valence-corrected chi connectivity index (χ0v) is 11.6. The number of hydrogen-bond acceptors (Lipinski definition) is 5. The van der Waals surface area contributed by atoms with Gasteiger partial charge in [0.25, 0.3) is 0 Å². The van der Waals surface area contributed by atoms with Crippen LogP contribution >= 0.6 is 0 Å². The van der Waals surface area contributed by atoms with Gasteiger partial charge in [0.2, 0.25) is 10.0 Å². The molecule has 106 valence electrons. The summed E-state index contributed by atoms with van der Waals surface area (Å²) in [5, 5.41) is 13.2. The smallest absolute Gasteiger partial charge is 0.216 e. The summed E-state index contributed by atoms with van der Waals surface area (Å²) in [5.74, 6) is 0.0208. The Hall–Kier alpha value is -0.210. The maximum absolute atomic E-state index is 12.1. The summed E-state index contributed by atoms with van der Waals surface area (Å²) < 4.78 is 30.9. The van der Waals surface area contributed by atoms with Gasteiger partial charge in [0.1, 0.15) is 0 Å². The summed E-state index contributed by atoms with van der Waals surface area (Å²) in [6.07, 6.45) is 2.14. The number of nitrogens with zero attached hydrogens (tertiary/aromatic N) is 1. The molecule has 0 spiro atoms. The zero-order valence-electron chi connectivity index (χ0n) is 10.8. The number of sulfonamides is 1. The van der Waals surface area contributed by atoms with Crippen LogP contribution in [0.3, 0.4) is 0 Å². The Balaban J connectivity index is 1.91. The first-order valence-electron chi connectivity index (χ1n) is 6.40. The lowest BCUT2D eigenvalue weighted by atomic mass is 10.0. The standard InChI is InChI=1S/C11H22N2O4S/c1-13(9-11(14)4-5-12-8-11)18(15,16)7-10-3-2-6-17-10/h10,12,14H,2-9H2,1H3. The lowest BCUT2D eigenvalue weighted by Crippen LogP contribution is -2.46. The van der Waals surface area contributed by atoms with Crippen LogP contribution < -0.4 is 5.32 Å². The molecule has 2 unspecified atom stereocenters. The topological polar surface area (TPSA) is 78.9 Å². The minimum absolute atomic E-state index is 0.0208. The number of hydrogen-bond donors (Lipinski definition) is 2. The summed E-state index contributed by atoms with van der Waals surface area (Å²) in [6, 6.07) is 0. The monoisotopic (exact) mass is 278 g/mol. The van der Waals surface area contributed by atoms with Crippen LogP contribution in [-0.4, -0.2) is 68.6 Å². The van der Waals surface area contributed by atoms with Gasteiger partial charge in [-0.1, -0.05) is 0 Å². The fourth-order valence-corrected chi connectivity index (χ4v) is 3.94. The molecule has 2 aliphatic heterocycles. The van der Waals surface area contributed by atoms with Gasteiger partial charge in [-0.3, -0.25) is 0 Å². The second kappa shape index (κ2) is 5.42. The molecule has 7 heteroatoms. The molecule has 2 saturated heterocycles. The number of rotatable bonds is 5. The van der Waals surface area contributed by atoms with Crippen LogP contribution in [0.1, 0.15) is 19.3 Å². The Labute approximate surface area is 108 Å². The molecular formula is C11H22N2O4S. The van der Waals surface area contributed by atoms with Crippen LogP contribution in [-0.2, 0) is 14.8 Å². The molecule has 18 heavy (non-hydrogen) atoms. The van der Waals surface area contributed by atoms with Crippen molar-refractivity contribution >= 4 is 10.0 Å². The molecule has 0 radical (unpaired) electrons. The van der Waals surface area contributed by atoms with Crippen molar-refractivity contribution in [2.45, 2.75) is 31.0 Å². The third kappa shape index (κ3) is 3.42. The van der Waals surface area contributed by atoms with Crippen molar-refractivity contribution in [1.29, 1.82) is 0 Å². The van der Waals surface area contributed by atoms with E-state index in [1.807, 2.05) is 0 Å². The van der Waals surface area contributed by atoms with Crippen molar-refractivity contribution in [3.63, 3.8) is 0 Å². The lowest BCUT2D eigenvalue weighted by Gasteiger charge is -2.28. The molecule has 6 nitrogen and oxygen atoms in total. The largest absolute Gasteiger partial charge is 0.387 e. The van der Waals surface area contributed by atoms with Gasteiger partial charge in [-0.25, -0.2) is 12.7 Å². The Morgan fingerprint density at radius 3 is 2.89 bits per heavy atom. The normalized spacial score (nSPS) is 33.4. The van der Waals surface area contributed by atoms with Crippen LogP contribution in [0.2, 0.25) is 0 Å². The first kappa shape index (κ1) is 14.2. The van der Waals surface area contributed by atoms with Gasteiger partial charge in [0.05, 0.1) is 17.5 Å². The molecular weight excluding hydrogens is 256 g/mol. The maximum atomic E-state index is 12.1. The second-order valence-corrected chi connectivity index (χ2v) is 7.44. The fraction of sp³-hybridized carbons (Fsp3) is 1.00. The Morgan fingerprint density at radius 2 is 2.33 bits per heavy atom. The van der Waals surface area contributed by atoms with E-state index in [0.29, 0.717) is 19.6 Å². The summed E-state index contributed by atoms with van der Waals surface area (Å²) in [7, 11) is -1.82. The predicted octanol–water partition coefficient (Wildman–Crippen LogP) is -0.849. The summed E-state index contributed by atoms with van der Waals surface area (Å²) in [6.45, 7) is 1.98. The van der Waals surface area contributed by atoms with Gasteiger partial charge in [-0.05, 0) is 25.8 Å². The van der Waals surface area contributed by atoms with Crippen molar-refractivity contribution in [1.82, 2.24) is 9.62 Å². The zero-order chi connectivity index (χ0) is 13.2. The molecule has 2 N–H and O–H groups in total. The van der Waals surface area contributed by atoms with Crippen LogP contribution in [0.5, 0.6) is 0 Å². The van der Waals surface area contributed by atoms with E-state index in [0.717, 1.165) is 19.4 Å². The average molecular weight is 278 g/mol. The first-order valence-corrected chi connectivity index (χ1v) is 8.01. The highest BCUT2D eigenvalue weighted by atomic mass is 32.2. The van der Waals surface area contributed by atoms with E-state index in [1.54, 1.807) is 0 Å². The highest BCUT2D eigenvalue weighted by Gasteiger charge is 2.36. The molecule has 0 aliphatic carbocycles. The number of ether oxygens (including phenoxy) is 1. The lowest BCUT2D eigenvalue weighted by molar-refractivity contribution is 0.0458. The maximum Gasteiger partial charge on any atom is 0.216 e. The van der Waals surface area contributed by atoms with Gasteiger partial charge >= 0.3 is 0 Å². The van der Waals surface area contributed by atoms with E-state index < -0.39 is 15.6 Å². The molecule has 2 aliphatic rings. The third-order valence-electron chi connectivity index (χ3n) is 3.63. The van der Waals surface area contributed by atoms with Gasteiger partial charge in [0.15, 0.2) is 0 Å². The molecule has 0 bridgehead atoms. The molecule has 2 fully saturated rings. The molecule has 0 aromatic carbocycles. The van der Waals surface area contributed by atoms with E-state index in [9.17, 15) is 13.5 Å². The van der Waals surface area contributed by atoms with E-state index in [4.69, 9.17) is 4.74 Å². The van der Waals surface area contributed by atoms with Gasteiger partial charge < -0.3 is 15.2 Å². The number of β-amino-alcohol motifs (C(OH)–C–C–N with tert-alkyl or cyclic N) is 1. The molecule has 2 atom stereocenters. The fourth-order valence-electron chi connectivity index (χ4n) is 2.52. The van der Waals surface area contributed by atoms with Crippen LogP contribution in [0.15, 0.2) is 0 Å². The van der Waals surface area contributed by atoms with Crippen LogP contribution in [0.4, 0.5) is 0 Å². The highest BCUT2D eigenvalue weighted by Crippen LogP contribution is 2.19. The van der Waals surface area contributed by atoms with Crippen molar-refractivity contribution in [2.24, 2.45) is 0 Å². The van der Waals surface area contributed by atoms with Crippen LogP contribution in [0, 0.1) is 0 Å². The van der Waals surface area contributed by atoms with E-state index >= 15 is 0 Å². The molecule has 0 aromatic heterocycles. The summed E-state index contributed by atoms with van der Waals surface area (Å²) in [5.41, 5.74) is -0.932. The quantitative estimate of drug-likeness (QED) is 0.685. The van der Waals surface area contributed by atoms with Gasteiger partial charge in [-0.15, -0.1) is 0 Å². The summed E-state index contributed by atoms with van der Waals surface area (Å²) in [4.78, 5) is 0. The predicted molar refractivity (Wildman–Crippen MR) is 67.8 cm³/mol. The molecule has 0 saturated carbocycles. The van der Waals surface area contributed by atoms with Gasteiger partial charge in [0, 0.05) is 26.7 Å². The molecule has 2 rings (SSSR count). The SMILES string of the molecule is CN(CC1(O)CCNC1)S(=O)(=O)CC1CCCO1. The minimum atomic E-state index is -3.35. The van der Waals surface area contributed by atoms with Crippen molar-refractivity contribution in [3.05, 3.63) is 0 Å². The molecule has 2 heterocycles. The van der Waals surface area contributed by atoms with E-state index in [2.05, 4.69) is 5.32 Å². The Bertz CT molecular complexity index is 373. The average Bonchev–Trinajstić information content (AvgIpc) is 2.89. The number of aliphatic hydroxyl groups is 1. The third-order valence-corrected chi connectivity index (χ3v) is 5.51. The Morgan fingerprint density at radius 1 is 1.56 bits per heavy atom. The van der Waals surface area contributed by atoms with E-state index in [-0.39, 0.29) is 18.4 Å². The van der Waals surface area contributed by atoms with E-state index in [1.165, 1.54) is 11.4 Å². The minimum Gasteiger partial charge on any atom is -0.387 e. The van der Waals surface area contributed by atoms with Crippen molar-refractivity contribution in [3.8, 4) is 0 Å². The Kier molecular flexibility index (Phi) is 4.28. The van der Waals surface area contributed by atoms with Crippen LogP contribution in [0.25, 0.3) is 0 Å². The van der Waals surface area contributed by atoms with Gasteiger partial charge in [-0.2, -0.15) is 0 Å². The molecule has 0 aromatic rings.